The number of halogens is 1. The monoisotopic (exact) mass is 332 g/mol. The number of aryl methyl sites for hydroxylation is 1. The first-order chi connectivity index (χ1) is 11.0. The Labute approximate surface area is 142 Å². The lowest BCUT2D eigenvalue weighted by atomic mass is 10.2. The predicted octanol–water partition coefficient (Wildman–Crippen LogP) is 3.60. The number of carbonyl (C=O) groups excluding carboxylic acids is 1. The van der Waals surface area contributed by atoms with Crippen LogP contribution in [0.3, 0.4) is 0 Å². The molecule has 1 amide bonds. The van der Waals surface area contributed by atoms with E-state index in [4.69, 9.17) is 16.3 Å². The molecule has 0 aromatic heterocycles. The van der Waals surface area contributed by atoms with Crippen LogP contribution in [0.1, 0.15) is 5.56 Å². The molecule has 122 valence electrons. The smallest absolute Gasteiger partial charge is 0.238 e. The summed E-state index contributed by atoms with van der Waals surface area (Å²) in [5.41, 5.74) is 1.98. The zero-order valence-electron chi connectivity index (χ0n) is 13.4. The fraction of sp³-hybridized carbons (Fsp3) is 0.278. The average Bonchev–Trinajstić information content (AvgIpc) is 2.51. The number of amides is 1. The van der Waals surface area contributed by atoms with Gasteiger partial charge in [0.05, 0.1) is 6.54 Å². The van der Waals surface area contributed by atoms with Crippen molar-refractivity contribution in [2.45, 2.75) is 6.92 Å². The number of nitrogens with one attached hydrogen (secondary N) is 1. The van der Waals surface area contributed by atoms with Gasteiger partial charge < -0.3 is 10.1 Å². The van der Waals surface area contributed by atoms with Gasteiger partial charge in [-0.3, -0.25) is 9.69 Å². The van der Waals surface area contributed by atoms with Crippen LogP contribution in [0, 0.1) is 6.92 Å². The van der Waals surface area contributed by atoms with E-state index in [2.05, 4.69) is 5.32 Å². The standard InChI is InChI=1S/C18H21ClN2O2/c1-14-3-7-16(8-4-14)20-18(22)13-21(2)11-12-23-17-9-5-15(19)6-10-17/h3-10H,11-13H2,1-2H3,(H,20,22). The van der Waals surface area contributed by atoms with Gasteiger partial charge in [0, 0.05) is 17.3 Å². The molecule has 0 aliphatic heterocycles. The molecule has 1 N–H and O–H groups in total. The van der Waals surface area contributed by atoms with Gasteiger partial charge >= 0.3 is 0 Å². The summed E-state index contributed by atoms with van der Waals surface area (Å²) in [6.45, 7) is 3.50. The Hall–Kier alpha value is -2.04. The highest BCUT2D eigenvalue weighted by atomic mass is 35.5. The van der Waals surface area contributed by atoms with Gasteiger partial charge in [-0.15, -0.1) is 0 Å². The van der Waals surface area contributed by atoms with E-state index in [1.807, 2.05) is 55.3 Å². The van der Waals surface area contributed by atoms with Crippen LogP contribution in [0.5, 0.6) is 5.75 Å². The summed E-state index contributed by atoms with van der Waals surface area (Å²) in [5, 5.41) is 3.56. The maximum absolute atomic E-state index is 12.0. The van der Waals surface area contributed by atoms with Crippen LogP contribution < -0.4 is 10.1 Å². The van der Waals surface area contributed by atoms with Crippen molar-refractivity contribution >= 4 is 23.2 Å². The number of nitrogens with zero attached hydrogens (tertiary/aromatic N) is 1. The van der Waals surface area contributed by atoms with Crippen molar-refractivity contribution in [3.63, 3.8) is 0 Å². The number of hydrogen-bond donors (Lipinski definition) is 1. The van der Waals surface area contributed by atoms with Crippen molar-refractivity contribution in [2.24, 2.45) is 0 Å². The highest BCUT2D eigenvalue weighted by Crippen LogP contribution is 2.15. The Balaban J connectivity index is 1.69. The first-order valence-electron chi connectivity index (χ1n) is 7.46. The third-order valence-corrected chi connectivity index (χ3v) is 3.56. The number of anilines is 1. The largest absolute Gasteiger partial charge is 0.492 e. The average molecular weight is 333 g/mol. The van der Waals surface area contributed by atoms with E-state index < -0.39 is 0 Å². The van der Waals surface area contributed by atoms with Crippen molar-refractivity contribution in [1.82, 2.24) is 4.90 Å². The van der Waals surface area contributed by atoms with Crippen molar-refractivity contribution < 1.29 is 9.53 Å². The van der Waals surface area contributed by atoms with Crippen molar-refractivity contribution in [1.29, 1.82) is 0 Å². The molecule has 0 heterocycles. The maximum atomic E-state index is 12.0. The zero-order chi connectivity index (χ0) is 16.7. The highest BCUT2D eigenvalue weighted by molar-refractivity contribution is 6.30. The van der Waals surface area contributed by atoms with Gasteiger partial charge in [0.15, 0.2) is 0 Å². The molecule has 23 heavy (non-hydrogen) atoms. The summed E-state index contributed by atoms with van der Waals surface area (Å²) in [5.74, 6) is 0.731. The summed E-state index contributed by atoms with van der Waals surface area (Å²) in [6, 6.07) is 15.0. The molecule has 0 saturated carbocycles. The van der Waals surface area contributed by atoms with Gasteiger partial charge in [-0.1, -0.05) is 29.3 Å². The van der Waals surface area contributed by atoms with E-state index in [1.165, 1.54) is 5.56 Å². The Kier molecular flexibility index (Phi) is 6.44. The molecule has 4 nitrogen and oxygen atoms in total. The van der Waals surface area contributed by atoms with Crippen LogP contribution in [0.2, 0.25) is 5.02 Å². The number of hydrogen-bond acceptors (Lipinski definition) is 3. The third kappa shape index (κ3) is 6.30. The summed E-state index contributed by atoms with van der Waals surface area (Å²) in [6.07, 6.45) is 0. The van der Waals surface area contributed by atoms with Crippen molar-refractivity contribution in [2.75, 3.05) is 32.1 Å². The Bertz CT molecular complexity index is 626. The molecule has 2 aromatic rings. The molecule has 2 rings (SSSR count). The van der Waals surface area contributed by atoms with Gasteiger partial charge in [0.1, 0.15) is 12.4 Å². The first kappa shape index (κ1) is 17.3. The SMILES string of the molecule is Cc1ccc(NC(=O)CN(C)CCOc2ccc(Cl)cc2)cc1. The molecule has 5 heteroatoms. The van der Waals surface area contributed by atoms with Crippen LogP contribution in [0.4, 0.5) is 5.69 Å². The summed E-state index contributed by atoms with van der Waals surface area (Å²) in [7, 11) is 1.89. The van der Waals surface area contributed by atoms with Crippen molar-refractivity contribution in [3.05, 3.63) is 59.1 Å². The minimum Gasteiger partial charge on any atom is -0.492 e. The van der Waals surface area contributed by atoms with Gasteiger partial charge in [0.2, 0.25) is 5.91 Å². The van der Waals surface area contributed by atoms with Gasteiger partial charge in [0.25, 0.3) is 0 Å². The maximum Gasteiger partial charge on any atom is 0.238 e. The van der Waals surface area contributed by atoms with Crippen molar-refractivity contribution in [3.8, 4) is 5.75 Å². The summed E-state index contributed by atoms with van der Waals surface area (Å²) >= 11 is 5.82. The second kappa shape index (κ2) is 8.56. The van der Waals surface area contributed by atoms with E-state index in [0.717, 1.165) is 11.4 Å². The van der Waals surface area contributed by atoms with Gasteiger partial charge in [-0.05, 0) is 50.4 Å². The van der Waals surface area contributed by atoms with E-state index in [1.54, 1.807) is 12.1 Å². The Morgan fingerprint density at radius 3 is 2.43 bits per heavy atom. The molecule has 0 aliphatic carbocycles. The van der Waals surface area contributed by atoms with Crippen LogP contribution in [0.25, 0.3) is 0 Å². The lowest BCUT2D eigenvalue weighted by Crippen LogP contribution is -2.33. The Morgan fingerprint density at radius 1 is 1.13 bits per heavy atom. The molecule has 0 unspecified atom stereocenters. The topological polar surface area (TPSA) is 41.6 Å². The highest BCUT2D eigenvalue weighted by Gasteiger charge is 2.07. The normalized spacial score (nSPS) is 10.6. The Morgan fingerprint density at radius 2 is 1.78 bits per heavy atom. The quantitative estimate of drug-likeness (QED) is 0.842. The number of likely N-dealkylation sites (N-methyl/N-ethyl adjacent to an activating group) is 1. The first-order valence-corrected chi connectivity index (χ1v) is 7.84. The number of carbonyl (C=O) groups is 1. The van der Waals surface area contributed by atoms with Gasteiger partial charge in [-0.2, -0.15) is 0 Å². The molecule has 0 bridgehead atoms. The van der Waals surface area contributed by atoms with Crippen LogP contribution >= 0.6 is 11.6 Å². The molecular formula is C18H21ClN2O2. The molecule has 0 saturated heterocycles. The number of ether oxygens (including phenoxy) is 1. The zero-order valence-corrected chi connectivity index (χ0v) is 14.1. The molecule has 0 spiro atoms. The molecule has 2 aromatic carbocycles. The lowest BCUT2D eigenvalue weighted by Gasteiger charge is -2.16. The van der Waals surface area contributed by atoms with E-state index in [9.17, 15) is 4.79 Å². The predicted molar refractivity (Wildman–Crippen MR) is 94.3 cm³/mol. The van der Waals surface area contributed by atoms with E-state index >= 15 is 0 Å². The second-order valence-corrected chi connectivity index (χ2v) is 5.89. The second-order valence-electron chi connectivity index (χ2n) is 5.45. The van der Waals surface area contributed by atoms with Crippen LogP contribution in [0.15, 0.2) is 48.5 Å². The van der Waals surface area contributed by atoms with Gasteiger partial charge in [-0.25, -0.2) is 0 Å². The summed E-state index contributed by atoms with van der Waals surface area (Å²) < 4.78 is 5.61. The molecule has 0 fully saturated rings. The summed E-state index contributed by atoms with van der Waals surface area (Å²) in [4.78, 5) is 13.9. The fourth-order valence-electron chi connectivity index (χ4n) is 2.01. The third-order valence-electron chi connectivity index (χ3n) is 3.30. The van der Waals surface area contributed by atoms with Crippen LogP contribution in [-0.4, -0.2) is 37.6 Å². The fourth-order valence-corrected chi connectivity index (χ4v) is 2.14. The minimum absolute atomic E-state index is 0.0390. The van der Waals surface area contributed by atoms with Crippen LogP contribution in [-0.2, 0) is 4.79 Å². The molecular weight excluding hydrogens is 312 g/mol. The van der Waals surface area contributed by atoms with E-state index in [0.29, 0.717) is 24.7 Å². The molecule has 0 atom stereocenters. The molecule has 0 aliphatic rings. The number of rotatable bonds is 7. The molecule has 0 radical (unpaired) electrons. The minimum atomic E-state index is -0.0390. The van der Waals surface area contributed by atoms with E-state index in [-0.39, 0.29) is 5.91 Å². The number of benzene rings is 2. The lowest BCUT2D eigenvalue weighted by molar-refractivity contribution is -0.117.